The van der Waals surface area contributed by atoms with Crippen molar-refractivity contribution in [1.82, 2.24) is 0 Å². The molecule has 0 fully saturated rings. The first-order valence-corrected chi connectivity index (χ1v) is 7.08. The highest BCUT2D eigenvalue weighted by molar-refractivity contribution is 7.80. The van der Waals surface area contributed by atoms with E-state index in [1.807, 2.05) is 60.7 Å². The van der Waals surface area contributed by atoms with E-state index in [-0.39, 0.29) is 0 Å². The number of hydrogen-bond donors (Lipinski definition) is 1. The number of aryl methyl sites for hydroxylation is 1. The fourth-order valence-electron chi connectivity index (χ4n) is 1.47. The molecule has 0 saturated heterocycles. The smallest absolute Gasteiger partial charge is 0.260 e. The number of ether oxygens (including phenoxy) is 1. The molecule has 0 saturated carbocycles. The molecule has 2 heteroatoms. The predicted molar refractivity (Wildman–Crippen MR) is 95.0 cm³/mol. The summed E-state index contributed by atoms with van der Waals surface area (Å²) < 4.78 is 4.34. The van der Waals surface area contributed by atoms with Gasteiger partial charge in [0.25, 0.3) is 11.5 Å². The van der Waals surface area contributed by atoms with E-state index in [1.165, 1.54) is 5.56 Å². The average molecular weight is 297 g/mol. The molecule has 0 atom stereocenters. The van der Waals surface area contributed by atoms with Crippen molar-refractivity contribution in [2.75, 3.05) is 0 Å². The molecule has 0 heterocycles. The molecule has 2 aromatic carbocycles. The van der Waals surface area contributed by atoms with Crippen LogP contribution in [0.15, 0.2) is 96.6 Å². The molecule has 0 aliphatic carbocycles. The second-order valence-electron chi connectivity index (χ2n) is 4.31. The van der Waals surface area contributed by atoms with Gasteiger partial charge in [0.2, 0.25) is 0 Å². The zero-order valence-corrected chi connectivity index (χ0v) is 13.1. The maximum absolute atomic E-state index is 4.34. The van der Waals surface area contributed by atoms with Crippen LogP contribution in [-0.4, -0.2) is 4.74 Å². The molecule has 1 N–H and O–H groups in total. The summed E-state index contributed by atoms with van der Waals surface area (Å²) in [7, 11) is 0. The summed E-state index contributed by atoms with van der Waals surface area (Å²) in [6.07, 6.45) is 5.22. The maximum atomic E-state index is 4.34. The summed E-state index contributed by atoms with van der Waals surface area (Å²) in [6, 6.07) is 17.8. The lowest BCUT2D eigenvalue weighted by atomic mass is 10.2. The lowest BCUT2D eigenvalue weighted by Crippen LogP contribution is -1.86. The van der Waals surface area contributed by atoms with Crippen molar-refractivity contribution in [3.05, 3.63) is 97.3 Å². The Kier molecular flexibility index (Phi) is 7.77. The highest BCUT2D eigenvalue weighted by Crippen LogP contribution is 2.14. The van der Waals surface area contributed by atoms with Gasteiger partial charge in [-0.25, -0.2) is 0 Å². The molecule has 21 heavy (non-hydrogen) atoms. The molecular weight excluding hydrogens is 276 g/mol. The Labute approximate surface area is 132 Å². The second kappa shape index (κ2) is 9.67. The first-order valence-electron chi connectivity index (χ1n) is 6.63. The minimum Gasteiger partial charge on any atom is -0.546 e. The quantitative estimate of drug-likeness (QED) is 0.333. The van der Waals surface area contributed by atoms with Gasteiger partial charge in [-0.15, -0.1) is 12.6 Å². The Balaban J connectivity index is 0.000000235. The Morgan fingerprint density at radius 3 is 2.10 bits per heavy atom. The molecule has 2 rings (SSSR count). The van der Waals surface area contributed by atoms with Crippen molar-refractivity contribution in [2.45, 2.75) is 11.8 Å². The number of thiol groups is 1. The average Bonchev–Trinajstić information content (AvgIpc) is 2.51. The minimum absolute atomic E-state index is 0.821. The Morgan fingerprint density at radius 2 is 1.62 bits per heavy atom. The summed E-state index contributed by atoms with van der Waals surface area (Å²) in [4.78, 5) is 1.02. The highest BCUT2D eigenvalue weighted by Gasteiger charge is 1.99. The van der Waals surface area contributed by atoms with Gasteiger partial charge in [-0.1, -0.05) is 55.1 Å². The SMILES string of the molecule is C=C/C=C(\C=C)[OH+]c1ccccc1.Cc1ccc(S)cc1. The summed E-state index contributed by atoms with van der Waals surface area (Å²) >= 11 is 4.13. The molecule has 2 aromatic rings. The van der Waals surface area contributed by atoms with Crippen LogP contribution < -0.4 is 0 Å². The van der Waals surface area contributed by atoms with E-state index in [0.29, 0.717) is 0 Å². The number of benzene rings is 2. The second-order valence-corrected chi connectivity index (χ2v) is 4.83. The van der Waals surface area contributed by atoms with E-state index in [1.54, 1.807) is 12.2 Å². The van der Waals surface area contributed by atoms with Gasteiger partial charge in [-0.05, 0) is 19.1 Å². The fraction of sp³-hybridized carbons (Fsp3) is 0.0526. The summed E-state index contributed by atoms with van der Waals surface area (Å²) in [5.41, 5.74) is 1.28. The minimum atomic E-state index is 0.821. The Bertz CT molecular complexity index is 562. The van der Waals surface area contributed by atoms with Crippen LogP contribution in [0.3, 0.4) is 0 Å². The van der Waals surface area contributed by atoms with Crippen molar-refractivity contribution in [2.24, 2.45) is 0 Å². The van der Waals surface area contributed by atoms with Crippen LogP contribution in [0.1, 0.15) is 5.56 Å². The number of aliphatic hydroxyl groups is 1. The number of rotatable bonds is 4. The van der Waals surface area contributed by atoms with Gasteiger partial charge in [0.1, 0.15) is 0 Å². The van der Waals surface area contributed by atoms with E-state index < -0.39 is 0 Å². The van der Waals surface area contributed by atoms with Crippen LogP contribution in [0, 0.1) is 6.92 Å². The number of para-hydroxylation sites is 1. The molecule has 0 amide bonds. The van der Waals surface area contributed by atoms with Crippen LogP contribution in [0.2, 0.25) is 0 Å². The molecule has 0 aromatic heterocycles. The zero-order chi connectivity index (χ0) is 15.5. The Morgan fingerprint density at radius 1 is 1.00 bits per heavy atom. The van der Waals surface area contributed by atoms with E-state index in [9.17, 15) is 0 Å². The molecular formula is C19H21OS+. The van der Waals surface area contributed by atoms with E-state index >= 15 is 0 Å². The van der Waals surface area contributed by atoms with Crippen molar-refractivity contribution >= 4 is 12.6 Å². The van der Waals surface area contributed by atoms with Crippen molar-refractivity contribution in [3.8, 4) is 5.75 Å². The lowest BCUT2D eigenvalue weighted by molar-refractivity contribution is 0.167. The number of allylic oxidation sites excluding steroid dienone is 3. The molecule has 0 aliphatic heterocycles. The third kappa shape index (κ3) is 7.23. The summed E-state index contributed by atoms with van der Waals surface area (Å²) in [5, 5.41) is 0. The van der Waals surface area contributed by atoms with Crippen LogP contribution in [-0.2, 0) is 0 Å². The summed E-state index contributed by atoms with van der Waals surface area (Å²) in [6.45, 7) is 9.33. The molecule has 1 nitrogen and oxygen atoms in total. The zero-order valence-electron chi connectivity index (χ0n) is 12.2. The van der Waals surface area contributed by atoms with Crippen LogP contribution in [0.4, 0.5) is 0 Å². The van der Waals surface area contributed by atoms with Gasteiger partial charge in [0.05, 0.1) is 0 Å². The van der Waals surface area contributed by atoms with Gasteiger partial charge >= 0.3 is 0 Å². The number of hydrogen-bond acceptors (Lipinski definition) is 1. The van der Waals surface area contributed by atoms with Gasteiger partial charge in [0, 0.05) is 29.2 Å². The third-order valence-corrected chi connectivity index (χ3v) is 2.84. The van der Waals surface area contributed by atoms with Gasteiger partial charge in [-0.3, -0.25) is 0 Å². The van der Waals surface area contributed by atoms with Crippen LogP contribution in [0.5, 0.6) is 5.75 Å². The molecule has 0 aliphatic rings. The maximum Gasteiger partial charge on any atom is 0.260 e. The van der Waals surface area contributed by atoms with Crippen molar-refractivity contribution < 1.29 is 4.74 Å². The van der Waals surface area contributed by atoms with Crippen molar-refractivity contribution in [3.63, 3.8) is 0 Å². The Hall–Kier alpha value is -2.19. The first kappa shape index (κ1) is 16.9. The van der Waals surface area contributed by atoms with Gasteiger partial charge in [0.15, 0.2) is 0 Å². The molecule has 0 spiro atoms. The summed E-state index contributed by atoms with van der Waals surface area (Å²) in [5.74, 6) is 1.75. The molecule has 0 unspecified atom stereocenters. The van der Waals surface area contributed by atoms with Gasteiger partial charge in [-0.2, -0.15) is 0 Å². The van der Waals surface area contributed by atoms with Crippen molar-refractivity contribution in [1.29, 1.82) is 0 Å². The third-order valence-electron chi connectivity index (χ3n) is 2.55. The first-order chi connectivity index (χ1) is 10.2. The van der Waals surface area contributed by atoms with E-state index in [2.05, 4.69) is 37.4 Å². The fourth-order valence-corrected chi connectivity index (χ4v) is 1.62. The topological polar surface area (TPSA) is 12.8 Å². The predicted octanol–water partition coefficient (Wildman–Crippen LogP) is 5.47. The normalized spacial score (nSPS) is 10.1. The molecule has 0 radical (unpaired) electrons. The van der Waals surface area contributed by atoms with E-state index in [4.69, 9.17) is 0 Å². The highest BCUT2D eigenvalue weighted by atomic mass is 32.1. The monoisotopic (exact) mass is 297 g/mol. The van der Waals surface area contributed by atoms with E-state index in [0.717, 1.165) is 16.4 Å². The standard InChI is InChI=1S/C12H12O.C7H8S/c1-3-8-11(4-2)13-12-9-6-5-7-10-12;1-6-2-4-7(8)5-3-6/h3-10H,1-2H2;2-5,8H,1H3/p+1/b11-8+;. The largest absolute Gasteiger partial charge is 0.546 e. The van der Waals surface area contributed by atoms with Crippen LogP contribution >= 0.6 is 12.6 Å². The molecule has 0 bridgehead atoms. The molecule has 108 valence electrons. The number of aromatic hydroxyl groups is 1. The van der Waals surface area contributed by atoms with Gasteiger partial charge < -0.3 is 4.74 Å². The van der Waals surface area contributed by atoms with Crippen LogP contribution in [0.25, 0.3) is 0 Å². The lowest BCUT2D eigenvalue weighted by Gasteiger charge is -2.00.